The Morgan fingerprint density at radius 3 is 1.17 bits per heavy atom. The van der Waals surface area contributed by atoms with Gasteiger partial charge in [0.25, 0.3) is 0 Å². The zero-order chi connectivity index (χ0) is 25.5. The first-order valence-electron chi connectivity index (χ1n) is 14.3. The Bertz CT molecular complexity index is 920. The molecule has 0 bridgehead atoms. The van der Waals surface area contributed by atoms with Crippen molar-refractivity contribution < 1.29 is 9.47 Å². The van der Waals surface area contributed by atoms with Crippen molar-refractivity contribution in [1.29, 1.82) is 0 Å². The molecule has 0 saturated carbocycles. The first-order chi connectivity index (χ1) is 17.8. The van der Waals surface area contributed by atoms with Crippen LogP contribution in [-0.2, 0) is 0 Å². The van der Waals surface area contributed by atoms with Crippen molar-refractivity contribution in [2.24, 2.45) is 0 Å². The molecule has 2 heteroatoms. The largest absolute Gasteiger partial charge is 0.494 e. The first-order valence-corrected chi connectivity index (χ1v) is 14.3. The number of rotatable bonds is 18. The van der Waals surface area contributed by atoms with Crippen molar-refractivity contribution in [2.75, 3.05) is 13.2 Å². The highest BCUT2D eigenvalue weighted by molar-refractivity contribution is 5.46. The van der Waals surface area contributed by atoms with Gasteiger partial charge in [0, 0.05) is 11.1 Å². The van der Waals surface area contributed by atoms with Gasteiger partial charge in [0.05, 0.1) is 13.2 Å². The lowest BCUT2D eigenvalue weighted by Gasteiger charge is -2.06. The molecule has 0 aliphatic carbocycles. The van der Waals surface area contributed by atoms with Crippen LogP contribution in [0.2, 0.25) is 0 Å². The van der Waals surface area contributed by atoms with E-state index in [-0.39, 0.29) is 0 Å². The molecule has 2 rings (SSSR count). The van der Waals surface area contributed by atoms with Gasteiger partial charge < -0.3 is 9.47 Å². The van der Waals surface area contributed by atoms with E-state index in [4.69, 9.17) is 9.47 Å². The average molecular weight is 487 g/mol. The summed E-state index contributed by atoms with van der Waals surface area (Å²) < 4.78 is 11.7. The molecule has 0 N–H and O–H groups in total. The molecule has 0 unspecified atom stereocenters. The number of benzene rings is 2. The van der Waals surface area contributed by atoms with E-state index >= 15 is 0 Å². The summed E-state index contributed by atoms with van der Waals surface area (Å²) in [5, 5.41) is 0. The molecule has 0 radical (unpaired) electrons. The number of unbranched alkanes of at least 4 members (excludes halogenated alkanes) is 12. The van der Waals surface area contributed by atoms with E-state index in [0.29, 0.717) is 0 Å². The van der Waals surface area contributed by atoms with E-state index in [1.54, 1.807) is 0 Å². The zero-order valence-corrected chi connectivity index (χ0v) is 22.7. The Morgan fingerprint density at radius 1 is 0.444 bits per heavy atom. The van der Waals surface area contributed by atoms with Gasteiger partial charge in [-0.1, -0.05) is 103 Å². The minimum Gasteiger partial charge on any atom is -0.494 e. The molecule has 0 aliphatic heterocycles. The molecular weight excluding hydrogens is 440 g/mol. The maximum absolute atomic E-state index is 5.88. The van der Waals surface area contributed by atoms with Gasteiger partial charge >= 0.3 is 0 Å². The van der Waals surface area contributed by atoms with Crippen LogP contribution in [0, 0.1) is 23.7 Å². The third kappa shape index (κ3) is 14.5. The van der Waals surface area contributed by atoms with Gasteiger partial charge in [0.2, 0.25) is 0 Å². The van der Waals surface area contributed by atoms with E-state index in [1.807, 2.05) is 48.5 Å². The minimum atomic E-state index is 0.777. The van der Waals surface area contributed by atoms with Crippen molar-refractivity contribution in [3.8, 4) is 35.2 Å². The number of ether oxygens (including phenoxy) is 2. The third-order valence-corrected chi connectivity index (χ3v) is 6.22. The standard InChI is InChI=1S/C34H46O2/c1-3-5-7-9-10-11-12-13-14-18-30-36-34-27-23-32(24-28-34)20-16-15-19-31-21-25-33(26-22-31)35-29-17-8-6-4-2/h21-28H,3-14,17-18,29-30H2,1-2H3. The van der Waals surface area contributed by atoms with Gasteiger partial charge in [-0.25, -0.2) is 0 Å². The van der Waals surface area contributed by atoms with Crippen LogP contribution < -0.4 is 9.47 Å². The monoisotopic (exact) mass is 486 g/mol. The predicted octanol–water partition coefficient (Wildman–Crippen LogP) is 9.35. The molecular formula is C34H46O2. The molecule has 0 aromatic heterocycles. The molecule has 2 aromatic carbocycles. The predicted molar refractivity (Wildman–Crippen MR) is 154 cm³/mol. The Labute approximate surface area is 221 Å². The lowest BCUT2D eigenvalue weighted by atomic mass is 10.1. The maximum Gasteiger partial charge on any atom is 0.119 e. The molecule has 0 spiro atoms. The Kier molecular flexibility index (Phi) is 16.6. The smallest absolute Gasteiger partial charge is 0.119 e. The van der Waals surface area contributed by atoms with Gasteiger partial charge in [0.15, 0.2) is 0 Å². The summed E-state index contributed by atoms with van der Waals surface area (Å²) in [6, 6.07) is 15.9. The summed E-state index contributed by atoms with van der Waals surface area (Å²) in [4.78, 5) is 0. The second kappa shape index (κ2) is 20.4. The zero-order valence-electron chi connectivity index (χ0n) is 22.7. The molecule has 2 nitrogen and oxygen atoms in total. The summed E-state index contributed by atoms with van der Waals surface area (Å²) in [6.07, 6.45) is 18.3. The van der Waals surface area contributed by atoms with E-state index in [1.165, 1.54) is 77.0 Å². The van der Waals surface area contributed by atoms with Crippen molar-refractivity contribution in [2.45, 2.75) is 104 Å². The Morgan fingerprint density at radius 2 is 0.778 bits per heavy atom. The van der Waals surface area contributed by atoms with E-state index in [9.17, 15) is 0 Å². The summed E-state index contributed by atoms with van der Waals surface area (Å²) in [6.45, 7) is 6.06. The lowest BCUT2D eigenvalue weighted by molar-refractivity contribution is 0.304. The van der Waals surface area contributed by atoms with Gasteiger partial charge in [-0.15, -0.1) is 0 Å². The van der Waals surface area contributed by atoms with Crippen LogP contribution in [0.4, 0.5) is 0 Å². The molecule has 2 aromatic rings. The Hall–Kier alpha value is -2.84. The van der Waals surface area contributed by atoms with Crippen molar-refractivity contribution in [3.63, 3.8) is 0 Å². The Balaban J connectivity index is 1.59. The molecule has 0 aliphatic rings. The van der Waals surface area contributed by atoms with Crippen LogP contribution in [0.15, 0.2) is 48.5 Å². The van der Waals surface area contributed by atoms with Gasteiger partial charge in [0.1, 0.15) is 11.5 Å². The second-order valence-corrected chi connectivity index (χ2v) is 9.49. The quantitative estimate of drug-likeness (QED) is 0.154. The van der Waals surface area contributed by atoms with Crippen molar-refractivity contribution >= 4 is 0 Å². The third-order valence-electron chi connectivity index (χ3n) is 6.22. The first kappa shape index (κ1) is 29.4. The average Bonchev–Trinajstić information content (AvgIpc) is 2.91. The molecule has 36 heavy (non-hydrogen) atoms. The van der Waals surface area contributed by atoms with Crippen LogP contribution in [-0.4, -0.2) is 13.2 Å². The van der Waals surface area contributed by atoms with E-state index in [2.05, 4.69) is 37.5 Å². The minimum absolute atomic E-state index is 0.777. The normalized spacial score (nSPS) is 10.2. The number of hydrogen-bond acceptors (Lipinski definition) is 2. The topological polar surface area (TPSA) is 18.5 Å². The highest BCUT2D eigenvalue weighted by Gasteiger charge is 1.96. The summed E-state index contributed by atoms with van der Waals surface area (Å²) in [5.41, 5.74) is 1.89. The SMILES string of the molecule is CCCCCCCCCCCCOc1ccc(C#CC#Cc2ccc(OCCCCCC)cc2)cc1. The second-order valence-electron chi connectivity index (χ2n) is 9.49. The highest BCUT2D eigenvalue weighted by atomic mass is 16.5. The summed E-state index contributed by atoms with van der Waals surface area (Å²) in [7, 11) is 0. The summed E-state index contributed by atoms with van der Waals surface area (Å²) in [5.74, 6) is 13.9. The van der Waals surface area contributed by atoms with Gasteiger partial charge in [-0.3, -0.25) is 0 Å². The van der Waals surface area contributed by atoms with Crippen LogP contribution in [0.25, 0.3) is 0 Å². The molecule has 0 fully saturated rings. The maximum atomic E-state index is 5.88. The van der Waals surface area contributed by atoms with Crippen LogP contribution >= 0.6 is 0 Å². The van der Waals surface area contributed by atoms with Crippen LogP contribution in [0.1, 0.15) is 115 Å². The van der Waals surface area contributed by atoms with Gasteiger partial charge in [-0.05, 0) is 73.2 Å². The fraction of sp³-hybridized carbons (Fsp3) is 0.529. The highest BCUT2D eigenvalue weighted by Crippen LogP contribution is 2.14. The summed E-state index contributed by atoms with van der Waals surface area (Å²) >= 11 is 0. The molecule has 0 atom stereocenters. The molecule has 0 amide bonds. The van der Waals surface area contributed by atoms with E-state index in [0.717, 1.165) is 48.7 Å². The molecule has 0 saturated heterocycles. The molecule has 0 heterocycles. The molecule has 194 valence electrons. The van der Waals surface area contributed by atoms with Gasteiger partial charge in [-0.2, -0.15) is 0 Å². The number of hydrogen-bond donors (Lipinski definition) is 0. The van der Waals surface area contributed by atoms with Crippen LogP contribution in [0.3, 0.4) is 0 Å². The van der Waals surface area contributed by atoms with E-state index < -0.39 is 0 Å². The fourth-order valence-corrected chi connectivity index (χ4v) is 3.97. The van der Waals surface area contributed by atoms with Crippen LogP contribution in [0.5, 0.6) is 11.5 Å². The van der Waals surface area contributed by atoms with Crippen molar-refractivity contribution in [1.82, 2.24) is 0 Å². The van der Waals surface area contributed by atoms with Crippen molar-refractivity contribution in [3.05, 3.63) is 59.7 Å². The lowest BCUT2D eigenvalue weighted by Crippen LogP contribution is -1.97. The fourth-order valence-electron chi connectivity index (χ4n) is 3.97.